The molecule has 0 spiro atoms. The molecular formula is C11H12O5. The number of carboxylic acids is 1. The third kappa shape index (κ3) is 1.65. The zero-order valence-corrected chi connectivity index (χ0v) is 8.59. The first-order chi connectivity index (χ1) is 7.65. The number of ether oxygens (including phenoxy) is 2. The van der Waals surface area contributed by atoms with Gasteiger partial charge in [0.25, 0.3) is 0 Å². The van der Waals surface area contributed by atoms with Crippen LogP contribution in [0.15, 0.2) is 0 Å². The second-order valence-corrected chi connectivity index (χ2v) is 3.99. The van der Waals surface area contributed by atoms with Crippen LogP contribution in [0.1, 0.15) is 12.8 Å². The quantitative estimate of drug-likeness (QED) is 0.541. The third-order valence-electron chi connectivity index (χ3n) is 3.13. The van der Waals surface area contributed by atoms with Crippen LogP contribution in [0.2, 0.25) is 0 Å². The topological polar surface area (TPSA) is 72.8 Å². The summed E-state index contributed by atoms with van der Waals surface area (Å²) >= 11 is 0. The van der Waals surface area contributed by atoms with E-state index in [1.54, 1.807) is 0 Å². The lowest BCUT2D eigenvalue weighted by atomic mass is 9.79. The van der Waals surface area contributed by atoms with E-state index in [1.807, 2.05) is 0 Å². The largest absolute Gasteiger partial charge is 0.481 e. The highest BCUT2D eigenvalue weighted by atomic mass is 16.5. The molecule has 0 aromatic heterocycles. The Balaban J connectivity index is 2.10. The van der Waals surface area contributed by atoms with Crippen molar-refractivity contribution in [2.24, 2.45) is 11.8 Å². The second kappa shape index (κ2) is 4.14. The third-order valence-corrected chi connectivity index (χ3v) is 3.13. The molecule has 2 saturated heterocycles. The van der Waals surface area contributed by atoms with Gasteiger partial charge < -0.3 is 14.6 Å². The number of rotatable bonds is 3. The number of carbonyl (C=O) groups excluding carboxylic acids is 1. The summed E-state index contributed by atoms with van der Waals surface area (Å²) in [5.74, 6) is -0.876. The molecule has 2 heterocycles. The predicted molar refractivity (Wildman–Crippen MR) is 52.3 cm³/mol. The number of fused-ring (bicyclic) bond motifs is 2. The fraction of sp³-hybridized carbons (Fsp3) is 0.636. The molecule has 0 aromatic carbocycles. The summed E-state index contributed by atoms with van der Waals surface area (Å²) in [6.07, 6.45) is 5.70. The first-order valence-corrected chi connectivity index (χ1v) is 5.13. The number of terminal acetylenes is 1. The first kappa shape index (κ1) is 11.0. The molecule has 86 valence electrons. The summed E-state index contributed by atoms with van der Waals surface area (Å²) in [5, 5.41) is 9.05. The molecule has 2 aliphatic rings. The molecule has 2 aliphatic heterocycles. The van der Waals surface area contributed by atoms with E-state index < -0.39 is 23.8 Å². The zero-order valence-electron chi connectivity index (χ0n) is 8.59. The summed E-state index contributed by atoms with van der Waals surface area (Å²) in [6, 6.07) is 0. The Bertz CT molecular complexity index is 356. The minimum absolute atomic E-state index is 0.126. The summed E-state index contributed by atoms with van der Waals surface area (Å²) in [7, 11) is 0. The van der Waals surface area contributed by atoms with Crippen molar-refractivity contribution in [3.05, 3.63) is 0 Å². The number of hydrogen-bond donors (Lipinski definition) is 1. The van der Waals surface area contributed by atoms with Crippen LogP contribution in [-0.2, 0) is 19.1 Å². The molecule has 0 amide bonds. The van der Waals surface area contributed by atoms with Crippen molar-refractivity contribution in [1.82, 2.24) is 0 Å². The van der Waals surface area contributed by atoms with Crippen molar-refractivity contribution >= 4 is 11.9 Å². The minimum Gasteiger partial charge on any atom is -0.481 e. The fourth-order valence-corrected chi connectivity index (χ4v) is 2.50. The van der Waals surface area contributed by atoms with E-state index in [0.29, 0.717) is 12.8 Å². The minimum atomic E-state index is -1.00. The van der Waals surface area contributed by atoms with Gasteiger partial charge in [0.15, 0.2) is 6.61 Å². The van der Waals surface area contributed by atoms with Crippen molar-refractivity contribution in [1.29, 1.82) is 0 Å². The molecule has 16 heavy (non-hydrogen) atoms. The highest BCUT2D eigenvalue weighted by Gasteiger charge is 2.56. The molecule has 0 aliphatic carbocycles. The summed E-state index contributed by atoms with van der Waals surface area (Å²) in [5.41, 5.74) is 0. The fourth-order valence-electron chi connectivity index (χ4n) is 2.50. The average molecular weight is 224 g/mol. The number of aliphatic carboxylic acids is 1. The van der Waals surface area contributed by atoms with Crippen LogP contribution in [0, 0.1) is 24.2 Å². The van der Waals surface area contributed by atoms with Gasteiger partial charge in [-0.2, -0.15) is 0 Å². The van der Waals surface area contributed by atoms with Gasteiger partial charge in [-0.25, -0.2) is 0 Å². The van der Waals surface area contributed by atoms with Gasteiger partial charge >= 0.3 is 11.9 Å². The molecule has 0 saturated carbocycles. The standard InChI is InChI=1S/C11H12O5/c1-2-5-15-11(14)9-7-4-3-6(16-7)8(9)10(12)13/h1,6-9H,3-5H2,(H,12,13). The predicted octanol–water partition coefficient (Wildman–Crippen LogP) is 0.0410. The molecular weight excluding hydrogens is 212 g/mol. The molecule has 0 aromatic rings. The van der Waals surface area contributed by atoms with Crippen LogP contribution in [0.5, 0.6) is 0 Å². The highest BCUT2D eigenvalue weighted by molar-refractivity contribution is 5.83. The molecule has 2 rings (SSSR count). The molecule has 1 N–H and O–H groups in total. The van der Waals surface area contributed by atoms with Crippen LogP contribution in [0.3, 0.4) is 0 Å². The number of carbonyl (C=O) groups is 2. The van der Waals surface area contributed by atoms with E-state index in [2.05, 4.69) is 5.92 Å². The molecule has 4 unspecified atom stereocenters. The lowest BCUT2D eigenvalue weighted by Crippen LogP contribution is -2.39. The molecule has 2 fully saturated rings. The normalized spacial score (nSPS) is 35.7. The maximum absolute atomic E-state index is 11.6. The van der Waals surface area contributed by atoms with Crippen LogP contribution in [0.4, 0.5) is 0 Å². The Kier molecular flexibility index (Phi) is 2.84. The molecule has 0 radical (unpaired) electrons. The van der Waals surface area contributed by atoms with Crippen molar-refractivity contribution in [2.75, 3.05) is 6.61 Å². The Morgan fingerprint density at radius 2 is 2.00 bits per heavy atom. The van der Waals surface area contributed by atoms with Gasteiger partial charge in [-0.15, -0.1) is 6.42 Å². The van der Waals surface area contributed by atoms with Crippen LogP contribution in [0.25, 0.3) is 0 Å². The summed E-state index contributed by atoms with van der Waals surface area (Å²) < 4.78 is 10.2. The smallest absolute Gasteiger partial charge is 0.313 e. The van der Waals surface area contributed by atoms with Crippen molar-refractivity contribution < 1.29 is 24.2 Å². The second-order valence-electron chi connectivity index (χ2n) is 3.99. The van der Waals surface area contributed by atoms with E-state index in [1.165, 1.54) is 0 Å². The first-order valence-electron chi connectivity index (χ1n) is 5.13. The summed E-state index contributed by atoms with van der Waals surface area (Å²) in [4.78, 5) is 22.7. The van der Waals surface area contributed by atoms with Crippen molar-refractivity contribution in [2.45, 2.75) is 25.0 Å². The lowest BCUT2D eigenvalue weighted by Gasteiger charge is -2.22. The summed E-state index contributed by atoms with van der Waals surface area (Å²) in [6.45, 7) is -0.126. The maximum Gasteiger partial charge on any atom is 0.313 e. The van der Waals surface area contributed by atoms with E-state index >= 15 is 0 Å². The van der Waals surface area contributed by atoms with Crippen molar-refractivity contribution in [3.63, 3.8) is 0 Å². The Hall–Kier alpha value is -1.54. The number of esters is 1. The van der Waals surface area contributed by atoms with E-state index in [4.69, 9.17) is 21.0 Å². The molecule has 5 heteroatoms. The van der Waals surface area contributed by atoms with Crippen molar-refractivity contribution in [3.8, 4) is 12.3 Å². The van der Waals surface area contributed by atoms with Crippen LogP contribution >= 0.6 is 0 Å². The van der Waals surface area contributed by atoms with Crippen LogP contribution in [-0.4, -0.2) is 35.9 Å². The van der Waals surface area contributed by atoms with Crippen LogP contribution < -0.4 is 0 Å². The van der Waals surface area contributed by atoms with E-state index in [0.717, 1.165) is 0 Å². The highest BCUT2D eigenvalue weighted by Crippen LogP contribution is 2.44. The van der Waals surface area contributed by atoms with Gasteiger partial charge in [0.2, 0.25) is 0 Å². The van der Waals surface area contributed by atoms with Gasteiger partial charge in [0.1, 0.15) is 0 Å². The average Bonchev–Trinajstić information content (AvgIpc) is 2.84. The van der Waals surface area contributed by atoms with Gasteiger partial charge in [-0.3, -0.25) is 9.59 Å². The maximum atomic E-state index is 11.6. The molecule has 2 bridgehead atoms. The lowest BCUT2D eigenvalue weighted by molar-refractivity contribution is -0.157. The molecule has 4 atom stereocenters. The number of carboxylic acid groups (broad SMARTS) is 1. The Morgan fingerprint density at radius 3 is 2.56 bits per heavy atom. The van der Waals surface area contributed by atoms with E-state index in [-0.39, 0.29) is 18.8 Å². The zero-order chi connectivity index (χ0) is 11.7. The monoisotopic (exact) mass is 224 g/mol. The Labute approximate surface area is 92.7 Å². The number of hydrogen-bond acceptors (Lipinski definition) is 4. The van der Waals surface area contributed by atoms with E-state index in [9.17, 15) is 9.59 Å². The Morgan fingerprint density at radius 1 is 1.38 bits per heavy atom. The SMILES string of the molecule is C#CCOC(=O)C1C2CCC(O2)C1C(=O)O. The van der Waals surface area contributed by atoms with Gasteiger partial charge in [0, 0.05) is 0 Å². The van der Waals surface area contributed by atoms with Gasteiger partial charge in [0.05, 0.1) is 24.0 Å². The van der Waals surface area contributed by atoms with Gasteiger partial charge in [-0.05, 0) is 12.8 Å². The van der Waals surface area contributed by atoms with Gasteiger partial charge in [-0.1, -0.05) is 5.92 Å². The molecule has 5 nitrogen and oxygen atoms in total.